The summed E-state index contributed by atoms with van der Waals surface area (Å²) in [6.45, 7) is 3.02. The number of carboxylic acid groups (broad SMARTS) is 2. The first kappa shape index (κ1) is 32.5. The zero-order valence-electron chi connectivity index (χ0n) is 24.7. The van der Waals surface area contributed by atoms with Crippen molar-refractivity contribution in [3.63, 3.8) is 0 Å². The lowest BCUT2D eigenvalue weighted by Crippen LogP contribution is -2.71. The lowest BCUT2D eigenvalue weighted by molar-refractivity contribution is -0.664. The Kier molecular flexibility index (Phi) is 8.97. The zero-order chi connectivity index (χ0) is 33.6. The van der Waals surface area contributed by atoms with Gasteiger partial charge in [0.05, 0.1) is 17.9 Å². The predicted octanol–water partition coefficient (Wildman–Crippen LogP) is -1.18. The third-order valence-corrected chi connectivity index (χ3v) is 10.4. The molecule has 0 spiro atoms. The van der Waals surface area contributed by atoms with Gasteiger partial charge in [-0.25, -0.2) is 14.3 Å². The Bertz CT molecular complexity index is 1850. The molecule has 3 aromatic rings. The number of hydrogen-bond donors (Lipinski definition) is 5. The van der Waals surface area contributed by atoms with E-state index in [-0.39, 0.29) is 39.2 Å². The van der Waals surface area contributed by atoms with E-state index in [1.54, 1.807) is 10.8 Å². The Morgan fingerprint density at radius 2 is 2.06 bits per heavy atom. The number of carbonyl (C=O) groups excluding carboxylic acids is 3. The summed E-state index contributed by atoms with van der Waals surface area (Å²) in [4.78, 5) is 65.0. The number of amides is 2. The van der Waals surface area contributed by atoms with Crippen LogP contribution in [0.4, 0.5) is 11.1 Å². The summed E-state index contributed by atoms with van der Waals surface area (Å²) in [6.07, 6.45) is 2.13. The molecule has 0 aliphatic carbocycles. The summed E-state index contributed by atoms with van der Waals surface area (Å²) in [7, 11) is 0. The Balaban J connectivity index is 1.24. The number of carbonyl (C=O) groups is 4. The van der Waals surface area contributed by atoms with E-state index in [0.717, 1.165) is 47.7 Å². The number of anilines is 2. The molecular weight excluding hydrogens is 676 g/mol. The van der Waals surface area contributed by atoms with Crippen LogP contribution in [0.1, 0.15) is 31.5 Å². The molecule has 3 aromatic heterocycles. The SMILES string of the molecule is C[C@H](O/N=C(\C(=O)N[C@@H]1C(=O)N2C(C(=O)[O-])=C(C[n+]3cccc4c3nc(N)n4C3CCNCC3)CS[C@H]12)c1nc(N)sc1Cl)C(=O)O. The Hall–Kier alpha value is -4.46. The van der Waals surface area contributed by atoms with Crippen LogP contribution in [0.5, 0.6) is 0 Å². The summed E-state index contributed by atoms with van der Waals surface area (Å²) in [5.41, 5.74) is 12.9. The van der Waals surface area contributed by atoms with E-state index in [9.17, 15) is 24.3 Å². The number of piperidine rings is 1. The summed E-state index contributed by atoms with van der Waals surface area (Å²) in [5, 5.41) is 30.3. The second kappa shape index (κ2) is 13.0. The number of aromatic nitrogens is 4. The molecule has 0 saturated carbocycles. The highest BCUT2D eigenvalue weighted by atomic mass is 35.5. The largest absolute Gasteiger partial charge is 0.543 e. The van der Waals surface area contributed by atoms with Gasteiger partial charge in [-0.05, 0) is 50.0 Å². The number of aliphatic carboxylic acids is 2. The first-order chi connectivity index (χ1) is 22.5. The molecule has 7 N–H and O–H groups in total. The van der Waals surface area contributed by atoms with Gasteiger partial charge in [-0.15, -0.1) is 11.8 Å². The van der Waals surface area contributed by atoms with Crippen LogP contribution in [-0.4, -0.2) is 90.4 Å². The fourth-order valence-corrected chi connectivity index (χ4v) is 8.01. The van der Waals surface area contributed by atoms with E-state index in [2.05, 4.69) is 25.8 Å². The number of nitrogens with zero attached hydrogens (tertiary/aromatic N) is 6. The average Bonchev–Trinajstić information content (AvgIpc) is 3.56. The van der Waals surface area contributed by atoms with Crippen LogP contribution in [-0.2, 0) is 30.6 Å². The highest BCUT2D eigenvalue weighted by Crippen LogP contribution is 2.40. The highest BCUT2D eigenvalue weighted by Gasteiger charge is 2.53. The standard InChI is InChI=1S/C27H29ClN10O7S2/c1-11(24(41)42)45-35-16(15-19(28)47-27(30)33-15)21(39)32-17-22(40)38-18(25(43)44)12(10-46-23(17)38)9-36-8-2-3-14-20(36)34-26(29)37(14)13-4-6-31-7-5-13/h2-3,8,11,13,17,23,29,31H,4-7,9-10H2,1H3,(H5,30,32,33,39,41,42,43,44)/b35-16-/t11-,17+,23+/m0/s1. The van der Waals surface area contributed by atoms with Gasteiger partial charge in [-0.1, -0.05) is 28.1 Å². The fourth-order valence-electron chi connectivity index (χ4n) is 5.74. The van der Waals surface area contributed by atoms with Gasteiger partial charge in [0.15, 0.2) is 10.8 Å². The molecule has 2 amide bonds. The van der Waals surface area contributed by atoms with Crippen molar-refractivity contribution >= 4 is 86.4 Å². The summed E-state index contributed by atoms with van der Waals surface area (Å²) < 4.78 is 3.78. The van der Waals surface area contributed by atoms with Crippen molar-refractivity contribution in [3.05, 3.63) is 39.6 Å². The number of imidazole rings is 1. The number of β-lactam (4-membered cyclic amide) rings is 1. The molecule has 0 radical (unpaired) electrons. The Morgan fingerprint density at radius 1 is 1.32 bits per heavy atom. The molecule has 2 saturated heterocycles. The normalized spacial score (nSPS) is 20.9. The number of pyridine rings is 1. The zero-order valence-corrected chi connectivity index (χ0v) is 27.1. The van der Waals surface area contributed by atoms with E-state index in [0.29, 0.717) is 17.2 Å². The topological polar surface area (TPSA) is 247 Å². The molecule has 3 aliphatic heterocycles. The Labute approximate surface area is 279 Å². The van der Waals surface area contributed by atoms with E-state index in [1.165, 1.54) is 18.7 Å². The maximum absolute atomic E-state index is 13.4. The van der Waals surface area contributed by atoms with Crippen molar-refractivity contribution in [2.75, 3.05) is 30.3 Å². The highest BCUT2D eigenvalue weighted by molar-refractivity contribution is 8.00. The number of thioether (sulfide) groups is 1. The average molecular weight is 705 g/mol. The number of halogens is 1. The second-order valence-corrected chi connectivity index (χ2v) is 13.7. The molecule has 6 heterocycles. The number of oxime groups is 1. The second-order valence-electron chi connectivity index (χ2n) is 11.0. The number of nitrogens with two attached hydrogens (primary N) is 2. The number of hydrogen-bond acceptors (Lipinski definition) is 14. The van der Waals surface area contributed by atoms with Gasteiger partial charge in [0.1, 0.15) is 33.5 Å². The van der Waals surface area contributed by atoms with Crippen LogP contribution < -0.4 is 31.8 Å². The van der Waals surface area contributed by atoms with Crippen LogP contribution in [0.2, 0.25) is 4.34 Å². The van der Waals surface area contributed by atoms with Gasteiger partial charge >= 0.3 is 17.6 Å². The number of rotatable bonds is 10. The van der Waals surface area contributed by atoms with Crippen LogP contribution in [0.15, 0.2) is 34.8 Å². The van der Waals surface area contributed by atoms with Crippen LogP contribution >= 0.6 is 34.7 Å². The minimum atomic E-state index is -1.54. The lowest BCUT2D eigenvalue weighted by Gasteiger charge is -2.50. The van der Waals surface area contributed by atoms with Crippen molar-refractivity contribution in [1.82, 2.24) is 30.1 Å². The summed E-state index contributed by atoms with van der Waals surface area (Å²) in [5.74, 6) is -3.97. The third kappa shape index (κ3) is 6.06. The van der Waals surface area contributed by atoms with E-state index < -0.39 is 47.0 Å². The molecule has 3 atom stereocenters. The first-order valence-electron chi connectivity index (χ1n) is 14.4. The number of thiazole rings is 1. The molecule has 20 heteroatoms. The summed E-state index contributed by atoms with van der Waals surface area (Å²) in [6, 6.07) is 2.77. The molecule has 17 nitrogen and oxygen atoms in total. The maximum Gasteiger partial charge on any atom is 0.351 e. The van der Waals surface area contributed by atoms with E-state index in [1.807, 2.05) is 16.7 Å². The summed E-state index contributed by atoms with van der Waals surface area (Å²) >= 11 is 8.28. The molecule has 0 bridgehead atoms. The fraction of sp³-hybridized carbons (Fsp3) is 0.407. The molecule has 47 heavy (non-hydrogen) atoms. The lowest BCUT2D eigenvalue weighted by atomic mass is 10.0. The monoisotopic (exact) mass is 704 g/mol. The quantitative estimate of drug-likeness (QED) is 0.0723. The van der Waals surface area contributed by atoms with Crippen molar-refractivity contribution in [2.45, 2.75) is 49.9 Å². The predicted molar refractivity (Wildman–Crippen MR) is 169 cm³/mol. The first-order valence-corrected chi connectivity index (χ1v) is 16.6. The molecule has 2 fully saturated rings. The molecule has 0 unspecified atom stereocenters. The van der Waals surface area contributed by atoms with Gasteiger partial charge in [-0.2, -0.15) is 0 Å². The minimum absolute atomic E-state index is 0.0103. The number of carboxylic acids is 2. The van der Waals surface area contributed by atoms with Crippen molar-refractivity contribution in [3.8, 4) is 0 Å². The number of fused-ring (bicyclic) bond motifs is 2. The van der Waals surface area contributed by atoms with E-state index in [4.69, 9.17) is 33.0 Å². The number of nitrogen functional groups attached to an aromatic ring is 2. The van der Waals surface area contributed by atoms with Crippen LogP contribution in [0.25, 0.3) is 11.2 Å². The van der Waals surface area contributed by atoms with Crippen LogP contribution in [0, 0.1) is 0 Å². The smallest absolute Gasteiger partial charge is 0.351 e. The maximum atomic E-state index is 13.4. The van der Waals surface area contributed by atoms with Gasteiger partial charge in [-0.3, -0.25) is 19.1 Å². The molecule has 0 aromatic carbocycles. The molecule has 3 aliphatic rings. The molecule has 6 rings (SSSR count). The van der Waals surface area contributed by atoms with E-state index >= 15 is 0 Å². The molecule has 248 valence electrons. The third-order valence-electron chi connectivity index (χ3n) is 8.00. The van der Waals surface area contributed by atoms with Crippen molar-refractivity contribution < 1.29 is 38.8 Å². The Morgan fingerprint density at radius 3 is 2.72 bits per heavy atom. The van der Waals surface area contributed by atoms with Gasteiger partial charge in [0.2, 0.25) is 6.10 Å². The van der Waals surface area contributed by atoms with Gasteiger partial charge < -0.3 is 41.9 Å². The van der Waals surface area contributed by atoms with Gasteiger partial charge in [0.25, 0.3) is 11.8 Å². The van der Waals surface area contributed by atoms with Crippen molar-refractivity contribution in [1.29, 1.82) is 0 Å². The number of nitrogens with one attached hydrogen (secondary N) is 2. The van der Waals surface area contributed by atoms with Crippen molar-refractivity contribution in [2.24, 2.45) is 5.16 Å². The van der Waals surface area contributed by atoms with Gasteiger partial charge in [0, 0.05) is 17.4 Å². The molecular formula is C27H29ClN10O7S2. The minimum Gasteiger partial charge on any atom is -0.543 e. The van der Waals surface area contributed by atoms with Crippen LogP contribution in [0.3, 0.4) is 0 Å².